The molecule has 1 atom stereocenters. The van der Waals surface area contributed by atoms with Crippen molar-refractivity contribution in [1.82, 2.24) is 4.98 Å². The molecule has 0 spiro atoms. The molecule has 0 aliphatic carbocycles. The zero-order valence-electron chi connectivity index (χ0n) is 10.8. The Hall–Kier alpha value is -1.28. The zero-order valence-corrected chi connectivity index (χ0v) is 11.6. The molecule has 2 nitrogen and oxygen atoms in total. The Labute approximate surface area is 112 Å². The summed E-state index contributed by atoms with van der Waals surface area (Å²) in [5, 5.41) is 1.59. The Morgan fingerprint density at radius 1 is 1.44 bits per heavy atom. The first kappa shape index (κ1) is 13.2. The smallest absolute Gasteiger partial charge is 0.167 e. The number of unbranched alkanes of at least 4 members (excludes halogenated alkanes) is 1. The fraction of sp³-hybridized carbons (Fsp3) is 0.400. The van der Waals surface area contributed by atoms with Gasteiger partial charge in [0.2, 0.25) is 0 Å². The number of ketones is 1. The van der Waals surface area contributed by atoms with Gasteiger partial charge in [-0.3, -0.25) is 4.79 Å². The van der Waals surface area contributed by atoms with Crippen molar-refractivity contribution in [2.24, 2.45) is 5.92 Å². The molecule has 3 heteroatoms. The van der Waals surface area contributed by atoms with Crippen molar-refractivity contribution in [2.75, 3.05) is 0 Å². The van der Waals surface area contributed by atoms with Crippen LogP contribution in [0.15, 0.2) is 24.4 Å². The number of aromatic amines is 1. The van der Waals surface area contributed by atoms with E-state index in [1.165, 1.54) is 0 Å². The minimum atomic E-state index is 0.0722. The topological polar surface area (TPSA) is 32.9 Å². The first-order chi connectivity index (χ1) is 8.63. The number of carbonyl (C=O) groups excluding carboxylic acids is 1. The van der Waals surface area contributed by atoms with Crippen LogP contribution in [0.5, 0.6) is 0 Å². The highest BCUT2D eigenvalue weighted by molar-refractivity contribution is 6.31. The molecule has 2 aromatic rings. The molecule has 0 aliphatic rings. The minimum Gasteiger partial charge on any atom is -0.360 e. The summed E-state index contributed by atoms with van der Waals surface area (Å²) in [5.41, 5.74) is 1.72. The van der Waals surface area contributed by atoms with Crippen LogP contribution in [-0.2, 0) is 0 Å². The number of carbonyl (C=O) groups is 1. The highest BCUT2D eigenvalue weighted by Gasteiger charge is 2.18. The number of benzene rings is 1. The zero-order chi connectivity index (χ0) is 13.1. The largest absolute Gasteiger partial charge is 0.360 e. The van der Waals surface area contributed by atoms with Gasteiger partial charge in [0.15, 0.2) is 5.78 Å². The normalized spacial score (nSPS) is 12.8. The molecule has 1 aromatic carbocycles. The van der Waals surface area contributed by atoms with Crippen molar-refractivity contribution in [1.29, 1.82) is 0 Å². The van der Waals surface area contributed by atoms with Crippen LogP contribution in [0.25, 0.3) is 10.9 Å². The highest BCUT2D eigenvalue weighted by atomic mass is 35.5. The van der Waals surface area contributed by atoms with Crippen molar-refractivity contribution < 1.29 is 4.79 Å². The molecule has 0 aliphatic heterocycles. The van der Waals surface area contributed by atoms with Crippen LogP contribution >= 0.6 is 11.6 Å². The summed E-state index contributed by atoms with van der Waals surface area (Å²) in [7, 11) is 0. The monoisotopic (exact) mass is 263 g/mol. The lowest BCUT2D eigenvalue weighted by Gasteiger charge is -2.08. The van der Waals surface area contributed by atoms with Crippen LogP contribution in [0.1, 0.15) is 43.5 Å². The molecular weight excluding hydrogens is 246 g/mol. The predicted octanol–water partition coefficient (Wildman–Crippen LogP) is 4.83. The van der Waals surface area contributed by atoms with E-state index in [1.54, 1.807) is 6.20 Å². The molecule has 0 radical (unpaired) electrons. The number of rotatable bonds is 5. The van der Waals surface area contributed by atoms with Crippen LogP contribution in [0.2, 0.25) is 5.02 Å². The van der Waals surface area contributed by atoms with Gasteiger partial charge in [-0.25, -0.2) is 0 Å². The maximum atomic E-state index is 12.4. The maximum Gasteiger partial charge on any atom is 0.167 e. The summed E-state index contributed by atoms with van der Waals surface area (Å²) in [4.78, 5) is 15.5. The molecule has 0 fully saturated rings. The second-order valence-electron chi connectivity index (χ2n) is 4.80. The summed E-state index contributed by atoms with van der Waals surface area (Å²) in [5.74, 6) is 0.278. The third-order valence-electron chi connectivity index (χ3n) is 3.35. The predicted molar refractivity (Wildman–Crippen MR) is 76.3 cm³/mol. The van der Waals surface area contributed by atoms with Gasteiger partial charge in [0.25, 0.3) is 0 Å². The Morgan fingerprint density at radius 2 is 2.22 bits per heavy atom. The number of hydrogen-bond acceptors (Lipinski definition) is 1. The van der Waals surface area contributed by atoms with Crippen molar-refractivity contribution in [3.05, 3.63) is 35.0 Å². The Morgan fingerprint density at radius 3 is 2.94 bits per heavy atom. The lowest BCUT2D eigenvalue weighted by molar-refractivity contribution is 0.0924. The number of H-pyrrole nitrogens is 1. The summed E-state index contributed by atoms with van der Waals surface area (Å²) < 4.78 is 0. The average Bonchev–Trinajstić information content (AvgIpc) is 2.77. The van der Waals surface area contributed by atoms with E-state index in [4.69, 9.17) is 11.6 Å². The lowest BCUT2D eigenvalue weighted by Crippen LogP contribution is -2.10. The first-order valence-electron chi connectivity index (χ1n) is 6.44. The molecule has 1 aromatic heterocycles. The van der Waals surface area contributed by atoms with Crippen molar-refractivity contribution >= 4 is 28.3 Å². The van der Waals surface area contributed by atoms with Crippen LogP contribution < -0.4 is 0 Å². The Bertz CT molecular complexity index is 559. The molecule has 18 heavy (non-hydrogen) atoms. The number of halogens is 1. The number of Topliss-reactive ketones (excluding diaryl/α,β-unsaturated/α-hetero) is 1. The van der Waals surface area contributed by atoms with Gasteiger partial charge in [-0.2, -0.15) is 0 Å². The Kier molecular flexibility index (Phi) is 4.07. The first-order valence-corrected chi connectivity index (χ1v) is 6.82. The maximum absolute atomic E-state index is 12.4. The summed E-state index contributed by atoms with van der Waals surface area (Å²) in [6, 6.07) is 5.59. The van der Waals surface area contributed by atoms with E-state index in [0.717, 1.165) is 35.7 Å². The van der Waals surface area contributed by atoms with E-state index in [0.29, 0.717) is 5.02 Å². The molecule has 0 amide bonds. The van der Waals surface area contributed by atoms with Gasteiger partial charge in [0.1, 0.15) is 0 Å². The van der Waals surface area contributed by atoms with E-state index < -0.39 is 0 Å². The van der Waals surface area contributed by atoms with Crippen LogP contribution in [0.4, 0.5) is 0 Å². The number of fused-ring (bicyclic) bond motifs is 1. The van der Waals surface area contributed by atoms with E-state index in [2.05, 4.69) is 11.9 Å². The number of nitrogens with one attached hydrogen (secondary N) is 1. The van der Waals surface area contributed by atoms with Gasteiger partial charge in [-0.05, 0) is 24.6 Å². The third-order valence-corrected chi connectivity index (χ3v) is 3.58. The second kappa shape index (κ2) is 5.57. The standard InChI is InChI=1S/C15H18ClNO/c1-3-4-5-10(2)15(18)13-9-17-14-7-6-11(16)8-12(13)14/h6-10,17H,3-5H2,1-2H3. The molecule has 0 saturated carbocycles. The van der Waals surface area contributed by atoms with Crippen LogP contribution in [0, 0.1) is 5.92 Å². The van der Waals surface area contributed by atoms with Gasteiger partial charge < -0.3 is 4.98 Å². The van der Waals surface area contributed by atoms with Gasteiger partial charge >= 0.3 is 0 Å². The van der Waals surface area contributed by atoms with Gasteiger partial charge in [0, 0.05) is 33.6 Å². The molecule has 1 heterocycles. The third kappa shape index (κ3) is 2.59. The molecule has 2 rings (SSSR count). The van der Waals surface area contributed by atoms with E-state index in [9.17, 15) is 4.79 Å². The fourth-order valence-corrected chi connectivity index (χ4v) is 2.38. The van der Waals surface area contributed by atoms with Crippen molar-refractivity contribution in [2.45, 2.75) is 33.1 Å². The lowest BCUT2D eigenvalue weighted by atomic mass is 9.94. The van der Waals surface area contributed by atoms with E-state index in [-0.39, 0.29) is 11.7 Å². The van der Waals surface area contributed by atoms with Crippen LogP contribution in [-0.4, -0.2) is 10.8 Å². The van der Waals surface area contributed by atoms with Gasteiger partial charge in [-0.1, -0.05) is 38.3 Å². The molecule has 0 saturated heterocycles. The van der Waals surface area contributed by atoms with Crippen molar-refractivity contribution in [3.8, 4) is 0 Å². The highest BCUT2D eigenvalue weighted by Crippen LogP contribution is 2.25. The van der Waals surface area contributed by atoms with E-state index in [1.807, 2.05) is 25.1 Å². The van der Waals surface area contributed by atoms with Gasteiger partial charge in [0.05, 0.1) is 0 Å². The summed E-state index contributed by atoms with van der Waals surface area (Å²) in [6.07, 6.45) is 4.96. The minimum absolute atomic E-state index is 0.0722. The number of aromatic nitrogens is 1. The summed E-state index contributed by atoms with van der Waals surface area (Å²) in [6.45, 7) is 4.14. The van der Waals surface area contributed by atoms with Gasteiger partial charge in [-0.15, -0.1) is 0 Å². The molecule has 1 unspecified atom stereocenters. The molecule has 0 bridgehead atoms. The molecular formula is C15H18ClNO. The van der Waals surface area contributed by atoms with Crippen LogP contribution in [0.3, 0.4) is 0 Å². The molecule has 1 N–H and O–H groups in total. The average molecular weight is 264 g/mol. The van der Waals surface area contributed by atoms with E-state index >= 15 is 0 Å². The second-order valence-corrected chi connectivity index (χ2v) is 5.24. The molecule has 96 valence electrons. The van der Waals surface area contributed by atoms with Crippen molar-refractivity contribution in [3.63, 3.8) is 0 Å². The Balaban J connectivity index is 2.30. The summed E-state index contributed by atoms with van der Waals surface area (Å²) >= 11 is 5.99. The quantitative estimate of drug-likeness (QED) is 0.770. The SMILES string of the molecule is CCCCC(C)C(=O)c1c[nH]c2ccc(Cl)cc12. The fourth-order valence-electron chi connectivity index (χ4n) is 2.20. The number of hydrogen-bond donors (Lipinski definition) is 1.